The van der Waals surface area contributed by atoms with Crippen LogP contribution in [0.4, 0.5) is 0 Å². The highest BCUT2D eigenvalue weighted by molar-refractivity contribution is 5.76. The van der Waals surface area contributed by atoms with Crippen LogP contribution in [-0.4, -0.2) is 48.8 Å². The largest absolute Gasteiger partial charge is 0.393 e. The third-order valence-electron chi connectivity index (χ3n) is 4.97. The molecular weight excluding hydrogens is 350 g/mol. The molecule has 0 aliphatic heterocycles. The van der Waals surface area contributed by atoms with E-state index in [-0.39, 0.29) is 18.2 Å². The first kappa shape index (κ1) is 27.1. The maximum atomic E-state index is 11.8. The van der Waals surface area contributed by atoms with Gasteiger partial charge in [0.1, 0.15) is 0 Å². The lowest BCUT2D eigenvalue weighted by molar-refractivity contribution is -0.121. The molecule has 2 atom stereocenters. The number of carbonyl (C=O) groups excluding carboxylic acids is 1. The molecule has 1 amide bonds. The highest BCUT2D eigenvalue weighted by atomic mass is 16.3. The molecule has 0 rings (SSSR count). The van der Waals surface area contributed by atoms with Gasteiger partial charge >= 0.3 is 0 Å². The standard InChI is InChI=1S/C23H47N3O2/c1-4-5-6-13-16-21(27)17-14-11-9-7-8-10-12-15-18-23(28)25-22(24)19-20-26(2)3/h11,14,21-22,27H,4-10,12-13,15-20,24H2,1-3H3,(H,25,28)/t21-,22?/m1/s1. The van der Waals surface area contributed by atoms with E-state index in [1.165, 1.54) is 38.5 Å². The van der Waals surface area contributed by atoms with E-state index in [0.29, 0.717) is 6.42 Å². The van der Waals surface area contributed by atoms with Gasteiger partial charge in [-0.05, 0) is 52.6 Å². The second-order valence-corrected chi connectivity index (χ2v) is 8.28. The number of carbonyl (C=O) groups is 1. The first-order chi connectivity index (χ1) is 13.5. The fourth-order valence-electron chi connectivity index (χ4n) is 3.12. The molecule has 0 aliphatic rings. The van der Waals surface area contributed by atoms with E-state index in [0.717, 1.165) is 51.5 Å². The minimum atomic E-state index is -0.239. The molecule has 166 valence electrons. The third kappa shape index (κ3) is 19.8. The predicted octanol–water partition coefficient (Wildman–Crippen LogP) is 4.35. The maximum absolute atomic E-state index is 11.8. The van der Waals surface area contributed by atoms with Gasteiger partial charge in [0.15, 0.2) is 0 Å². The van der Waals surface area contributed by atoms with Crippen molar-refractivity contribution in [3.8, 4) is 0 Å². The van der Waals surface area contributed by atoms with Gasteiger partial charge in [0.25, 0.3) is 0 Å². The van der Waals surface area contributed by atoms with Crippen molar-refractivity contribution in [1.29, 1.82) is 0 Å². The lowest BCUT2D eigenvalue weighted by Gasteiger charge is -2.16. The first-order valence-corrected chi connectivity index (χ1v) is 11.5. The van der Waals surface area contributed by atoms with Crippen LogP contribution in [0.1, 0.15) is 96.8 Å². The molecule has 0 aromatic heterocycles. The van der Waals surface area contributed by atoms with Crippen LogP contribution >= 0.6 is 0 Å². The molecule has 4 N–H and O–H groups in total. The van der Waals surface area contributed by atoms with Gasteiger partial charge in [-0.15, -0.1) is 0 Å². The molecule has 1 unspecified atom stereocenters. The molecule has 5 nitrogen and oxygen atoms in total. The average molecular weight is 398 g/mol. The molecule has 5 heteroatoms. The summed E-state index contributed by atoms with van der Waals surface area (Å²) in [6, 6.07) is 0. The van der Waals surface area contributed by atoms with Crippen LogP contribution < -0.4 is 11.1 Å². The minimum Gasteiger partial charge on any atom is -0.393 e. The summed E-state index contributed by atoms with van der Waals surface area (Å²) in [6.07, 6.45) is 18.6. The molecule has 0 heterocycles. The Bertz CT molecular complexity index is 386. The van der Waals surface area contributed by atoms with Crippen molar-refractivity contribution in [1.82, 2.24) is 10.2 Å². The van der Waals surface area contributed by atoms with Crippen LogP contribution in [0.2, 0.25) is 0 Å². The van der Waals surface area contributed by atoms with Crippen LogP contribution in [-0.2, 0) is 4.79 Å². The molecule has 28 heavy (non-hydrogen) atoms. The molecule has 0 spiro atoms. The minimum absolute atomic E-state index is 0.0717. The Labute approximate surface area is 174 Å². The van der Waals surface area contributed by atoms with Crippen molar-refractivity contribution < 1.29 is 9.90 Å². The van der Waals surface area contributed by atoms with E-state index in [1.807, 2.05) is 14.1 Å². The smallest absolute Gasteiger partial charge is 0.221 e. The second-order valence-electron chi connectivity index (χ2n) is 8.28. The summed E-state index contributed by atoms with van der Waals surface area (Å²) in [7, 11) is 4.01. The number of amides is 1. The van der Waals surface area contributed by atoms with Gasteiger partial charge in [-0.2, -0.15) is 0 Å². The summed E-state index contributed by atoms with van der Waals surface area (Å²) < 4.78 is 0. The highest BCUT2D eigenvalue weighted by Gasteiger charge is 2.07. The number of unbranched alkanes of at least 4 members (excludes halogenated alkanes) is 8. The van der Waals surface area contributed by atoms with E-state index >= 15 is 0 Å². The van der Waals surface area contributed by atoms with Crippen LogP contribution in [0.25, 0.3) is 0 Å². The molecule has 0 fully saturated rings. The molecule has 0 aromatic rings. The van der Waals surface area contributed by atoms with Crippen molar-refractivity contribution in [3.05, 3.63) is 12.2 Å². The number of rotatable bonds is 19. The van der Waals surface area contributed by atoms with Gasteiger partial charge in [0.05, 0.1) is 12.3 Å². The Morgan fingerprint density at radius 1 is 1.00 bits per heavy atom. The lowest BCUT2D eigenvalue weighted by Crippen LogP contribution is -2.43. The summed E-state index contributed by atoms with van der Waals surface area (Å²) in [5, 5.41) is 12.8. The maximum Gasteiger partial charge on any atom is 0.221 e. The van der Waals surface area contributed by atoms with Gasteiger partial charge in [0.2, 0.25) is 5.91 Å². The van der Waals surface area contributed by atoms with E-state index < -0.39 is 0 Å². The van der Waals surface area contributed by atoms with E-state index in [4.69, 9.17) is 5.73 Å². The zero-order chi connectivity index (χ0) is 21.0. The number of nitrogens with one attached hydrogen (secondary N) is 1. The number of nitrogens with two attached hydrogens (primary N) is 1. The zero-order valence-electron chi connectivity index (χ0n) is 18.8. The molecule has 0 radical (unpaired) electrons. The lowest BCUT2D eigenvalue weighted by atomic mass is 10.1. The Morgan fingerprint density at radius 2 is 1.68 bits per heavy atom. The van der Waals surface area contributed by atoms with Crippen LogP contribution in [0.15, 0.2) is 12.2 Å². The molecule has 0 saturated carbocycles. The quantitative estimate of drug-likeness (QED) is 0.172. The Hall–Kier alpha value is -0.910. The number of hydrogen-bond acceptors (Lipinski definition) is 4. The molecule has 0 bridgehead atoms. The molecular formula is C23H47N3O2. The number of aliphatic hydroxyl groups excluding tert-OH is 1. The van der Waals surface area contributed by atoms with Crippen molar-refractivity contribution in [2.75, 3.05) is 20.6 Å². The summed E-state index contributed by atoms with van der Waals surface area (Å²) in [5.41, 5.74) is 5.91. The van der Waals surface area contributed by atoms with Crippen LogP contribution in [0, 0.1) is 0 Å². The van der Waals surface area contributed by atoms with Crippen molar-refractivity contribution >= 4 is 5.91 Å². The second kappa shape index (κ2) is 19.4. The van der Waals surface area contributed by atoms with Gasteiger partial charge in [-0.1, -0.05) is 64.0 Å². The van der Waals surface area contributed by atoms with Crippen molar-refractivity contribution in [2.45, 2.75) is 109 Å². The SMILES string of the molecule is CCCCCC[C@@H](O)CC=CCCCCCCCC(=O)NC(N)CCN(C)C. The van der Waals surface area contributed by atoms with Crippen LogP contribution in [0.5, 0.6) is 0 Å². The van der Waals surface area contributed by atoms with Gasteiger partial charge < -0.3 is 21.1 Å². The van der Waals surface area contributed by atoms with Crippen molar-refractivity contribution in [3.63, 3.8) is 0 Å². The van der Waals surface area contributed by atoms with Gasteiger partial charge in [0, 0.05) is 13.0 Å². The number of hydrogen-bond donors (Lipinski definition) is 3. The highest BCUT2D eigenvalue weighted by Crippen LogP contribution is 2.10. The van der Waals surface area contributed by atoms with Crippen LogP contribution in [0.3, 0.4) is 0 Å². The summed E-state index contributed by atoms with van der Waals surface area (Å²) in [5.74, 6) is 0.0717. The number of allylic oxidation sites excluding steroid dienone is 1. The summed E-state index contributed by atoms with van der Waals surface area (Å²) in [6.45, 7) is 3.09. The fraction of sp³-hybridized carbons (Fsp3) is 0.870. The van der Waals surface area contributed by atoms with E-state index in [9.17, 15) is 9.90 Å². The Morgan fingerprint density at radius 3 is 2.39 bits per heavy atom. The van der Waals surface area contributed by atoms with Gasteiger partial charge in [-0.25, -0.2) is 0 Å². The first-order valence-electron chi connectivity index (χ1n) is 11.5. The third-order valence-corrected chi connectivity index (χ3v) is 4.97. The van der Waals surface area contributed by atoms with Gasteiger partial charge in [-0.3, -0.25) is 4.79 Å². The molecule has 0 aromatic carbocycles. The zero-order valence-corrected chi connectivity index (χ0v) is 18.8. The Balaban J connectivity index is 3.43. The van der Waals surface area contributed by atoms with E-state index in [1.54, 1.807) is 0 Å². The molecule has 0 aliphatic carbocycles. The van der Waals surface area contributed by atoms with Crippen molar-refractivity contribution in [2.24, 2.45) is 5.73 Å². The summed E-state index contributed by atoms with van der Waals surface area (Å²) in [4.78, 5) is 13.9. The number of nitrogens with zero attached hydrogens (tertiary/aromatic N) is 1. The Kier molecular flexibility index (Phi) is 18.8. The predicted molar refractivity (Wildman–Crippen MR) is 120 cm³/mol. The fourth-order valence-corrected chi connectivity index (χ4v) is 3.12. The summed E-state index contributed by atoms with van der Waals surface area (Å²) >= 11 is 0. The number of aliphatic hydroxyl groups is 1. The van der Waals surface area contributed by atoms with E-state index in [2.05, 4.69) is 29.3 Å². The average Bonchev–Trinajstić information content (AvgIpc) is 2.65. The normalized spacial score (nSPS) is 13.9. The topological polar surface area (TPSA) is 78.6 Å². The molecule has 0 saturated heterocycles. The monoisotopic (exact) mass is 397 g/mol.